The van der Waals surface area contributed by atoms with Crippen molar-refractivity contribution in [3.8, 4) is 23.0 Å². The van der Waals surface area contributed by atoms with E-state index in [1.54, 1.807) is 0 Å². The zero-order chi connectivity index (χ0) is 57.2. The van der Waals surface area contributed by atoms with Crippen molar-refractivity contribution in [1.82, 2.24) is 0 Å². The van der Waals surface area contributed by atoms with Gasteiger partial charge in [0.15, 0.2) is 0 Å². The van der Waals surface area contributed by atoms with Crippen LogP contribution in [0.1, 0.15) is 244 Å². The number of imide groups is 2. The third kappa shape index (κ3) is 8.21. The molecule has 11 rings (SSSR count). The summed E-state index contributed by atoms with van der Waals surface area (Å²) in [5, 5.41) is 5.08. The fourth-order valence-electron chi connectivity index (χ4n) is 12.9. The van der Waals surface area contributed by atoms with Crippen molar-refractivity contribution < 1.29 is 28.7 Å². The molecule has 0 aliphatic carbocycles. The second-order valence-corrected chi connectivity index (χ2v) is 24.9. The molecule has 0 atom stereocenters. The highest BCUT2D eigenvalue weighted by molar-refractivity contribution is 6.47. The SMILES string of the molecule is CC(C)c1cccc(C(C)C)c1Oc1cc2c3c(cc(Oc4c(C(C)C)cccc4C(C)C)c4c5ccc6c7c(ccc(c1c34)c75)C(=O)N(c1c(C(C)C)cccc1C(C)C)C6=O)C(=O)N(c1c(C(C)C)cccc1C(C)C)C2=O. The standard InChI is InChI=1S/C72H74N2O6/c1-35(2)43-21-17-22-44(36(3)4)65(43)73-69(75)53-31-29-51-59-52(30-32-54(60(53)59)70(73)76)63-58(80-68-49(41(13)14)27-20-28-50(68)42(15)16)34-56-61-55(71(77)74(72(56)78)66-45(37(5)6)23-18-24-46(66)38(7)8)33-57(62(51)64(61)63)79-67-47(39(9)10)25-19-26-48(67)40(11)12/h17-42H,1-16H3. The molecule has 0 radical (unpaired) electrons. The van der Waals surface area contributed by atoms with Crippen LogP contribution < -0.4 is 19.3 Å². The Balaban J connectivity index is 1.33. The third-order valence-electron chi connectivity index (χ3n) is 17.0. The lowest BCUT2D eigenvalue weighted by atomic mass is 9.80. The summed E-state index contributed by atoms with van der Waals surface area (Å²) in [4.78, 5) is 66.3. The van der Waals surface area contributed by atoms with Crippen LogP contribution in [0, 0.1) is 0 Å². The lowest BCUT2D eigenvalue weighted by Gasteiger charge is -2.34. The zero-order valence-electron chi connectivity index (χ0n) is 49.4. The van der Waals surface area contributed by atoms with Gasteiger partial charge in [0.25, 0.3) is 23.6 Å². The molecule has 8 heteroatoms. The minimum Gasteiger partial charge on any atom is -0.456 e. The van der Waals surface area contributed by atoms with E-state index in [1.807, 2.05) is 72.8 Å². The monoisotopic (exact) mass is 1060 g/mol. The zero-order valence-corrected chi connectivity index (χ0v) is 49.4. The first kappa shape index (κ1) is 54.1. The molecule has 4 amide bonds. The van der Waals surface area contributed by atoms with Gasteiger partial charge in [0.05, 0.1) is 22.5 Å². The van der Waals surface area contributed by atoms with Gasteiger partial charge in [-0.05, 0) is 132 Å². The molecule has 2 aliphatic heterocycles. The number of carbonyl (C=O) groups is 4. The van der Waals surface area contributed by atoms with Gasteiger partial charge in [-0.2, -0.15) is 0 Å². The van der Waals surface area contributed by atoms with Crippen molar-refractivity contribution in [3.63, 3.8) is 0 Å². The number of rotatable bonds is 14. The van der Waals surface area contributed by atoms with Crippen molar-refractivity contribution in [1.29, 1.82) is 0 Å². The predicted molar refractivity (Wildman–Crippen MR) is 329 cm³/mol. The van der Waals surface area contributed by atoms with Crippen molar-refractivity contribution in [2.24, 2.45) is 0 Å². The van der Waals surface area contributed by atoms with E-state index in [0.717, 1.165) is 44.5 Å². The number of hydrogen-bond donors (Lipinski definition) is 0. The van der Waals surface area contributed by atoms with Crippen LogP contribution in [0.5, 0.6) is 23.0 Å². The Labute approximate surface area is 471 Å². The Morgan fingerprint density at radius 1 is 0.287 bits per heavy atom. The number of anilines is 2. The molecule has 2 heterocycles. The first-order chi connectivity index (χ1) is 38.0. The molecule has 80 heavy (non-hydrogen) atoms. The van der Waals surface area contributed by atoms with Gasteiger partial charge in [0.2, 0.25) is 0 Å². The van der Waals surface area contributed by atoms with Crippen molar-refractivity contribution >= 4 is 78.1 Å². The number of benzene rings is 9. The summed E-state index contributed by atoms with van der Waals surface area (Å²) >= 11 is 0. The number of ether oxygens (including phenoxy) is 2. The third-order valence-corrected chi connectivity index (χ3v) is 17.0. The molecule has 0 fully saturated rings. The maximum Gasteiger partial charge on any atom is 0.266 e. The van der Waals surface area contributed by atoms with E-state index in [9.17, 15) is 0 Å². The second-order valence-electron chi connectivity index (χ2n) is 24.9. The molecule has 0 N–H and O–H groups in total. The van der Waals surface area contributed by atoms with Gasteiger partial charge >= 0.3 is 0 Å². The highest BCUT2D eigenvalue weighted by Gasteiger charge is 2.43. The minimum absolute atomic E-state index is 0.0190. The first-order valence-electron chi connectivity index (χ1n) is 29.0. The summed E-state index contributed by atoms with van der Waals surface area (Å²) in [6, 6.07) is 36.0. The molecule has 0 aromatic heterocycles. The molecule has 9 aromatic rings. The molecule has 0 spiro atoms. The van der Waals surface area contributed by atoms with Gasteiger partial charge in [-0.25, -0.2) is 9.80 Å². The van der Waals surface area contributed by atoms with Crippen LogP contribution in [0.3, 0.4) is 0 Å². The lowest BCUT2D eigenvalue weighted by Crippen LogP contribution is -2.42. The smallest absolute Gasteiger partial charge is 0.266 e. The summed E-state index contributed by atoms with van der Waals surface area (Å²) in [5.41, 5.74) is 10.3. The molecule has 9 aromatic carbocycles. The summed E-state index contributed by atoms with van der Waals surface area (Å²) in [7, 11) is 0. The van der Waals surface area contributed by atoms with E-state index in [0.29, 0.717) is 99.7 Å². The Kier molecular flexibility index (Phi) is 13.6. The van der Waals surface area contributed by atoms with Crippen LogP contribution in [0.2, 0.25) is 0 Å². The molecule has 0 bridgehead atoms. The number of nitrogens with zero attached hydrogens (tertiary/aromatic N) is 2. The normalized spacial score (nSPS) is 13.9. The van der Waals surface area contributed by atoms with Crippen LogP contribution in [-0.2, 0) is 0 Å². The Bertz CT molecular complexity index is 3780. The number of carbonyl (C=O) groups excluding carboxylic acids is 4. The van der Waals surface area contributed by atoms with E-state index in [4.69, 9.17) is 9.47 Å². The van der Waals surface area contributed by atoms with E-state index in [-0.39, 0.29) is 47.3 Å². The number of para-hydroxylation sites is 4. The number of hydrogen-bond acceptors (Lipinski definition) is 6. The van der Waals surface area contributed by atoms with Crippen LogP contribution in [0.25, 0.3) is 43.1 Å². The molecule has 0 saturated heterocycles. The van der Waals surface area contributed by atoms with Gasteiger partial charge in [-0.1, -0.05) is 196 Å². The van der Waals surface area contributed by atoms with Gasteiger partial charge in [0, 0.05) is 38.1 Å². The maximum absolute atomic E-state index is 16.1. The van der Waals surface area contributed by atoms with Crippen molar-refractivity contribution in [3.05, 3.63) is 176 Å². The topological polar surface area (TPSA) is 93.2 Å². The van der Waals surface area contributed by atoms with Crippen molar-refractivity contribution in [2.75, 3.05) is 9.80 Å². The first-order valence-corrected chi connectivity index (χ1v) is 29.0. The average molecular weight is 1060 g/mol. The quantitative estimate of drug-likeness (QED) is 0.0612. The Morgan fingerprint density at radius 2 is 0.550 bits per heavy atom. The van der Waals surface area contributed by atoms with E-state index < -0.39 is 23.6 Å². The second kappa shape index (κ2) is 20.1. The van der Waals surface area contributed by atoms with Gasteiger partial charge in [-0.15, -0.1) is 0 Å². The summed E-state index contributed by atoms with van der Waals surface area (Å²) < 4.78 is 15.2. The van der Waals surface area contributed by atoms with E-state index in [2.05, 4.69) is 147 Å². The highest BCUT2D eigenvalue weighted by atomic mass is 16.5. The number of amides is 4. The molecule has 408 valence electrons. The molecular formula is C72H74N2O6. The minimum atomic E-state index is -0.447. The predicted octanol–water partition coefficient (Wildman–Crippen LogP) is 19.9. The molecule has 8 nitrogen and oxygen atoms in total. The largest absolute Gasteiger partial charge is 0.456 e. The number of fused-ring (bicyclic) bond motifs is 2. The lowest BCUT2D eigenvalue weighted by molar-refractivity contribution is 0.0877. The Morgan fingerprint density at radius 3 is 0.838 bits per heavy atom. The molecular weight excluding hydrogens is 989 g/mol. The van der Waals surface area contributed by atoms with Gasteiger partial charge < -0.3 is 9.47 Å². The maximum atomic E-state index is 16.1. The summed E-state index contributed by atoms with van der Waals surface area (Å²) in [6.07, 6.45) is 0. The fraction of sp³-hybridized carbons (Fsp3) is 0.333. The van der Waals surface area contributed by atoms with Crippen LogP contribution in [-0.4, -0.2) is 23.6 Å². The molecule has 0 unspecified atom stereocenters. The van der Waals surface area contributed by atoms with Gasteiger partial charge in [0.1, 0.15) is 23.0 Å². The fourth-order valence-corrected chi connectivity index (χ4v) is 12.9. The molecule has 0 saturated carbocycles. The van der Waals surface area contributed by atoms with Crippen LogP contribution >= 0.6 is 0 Å². The van der Waals surface area contributed by atoms with Crippen LogP contribution in [0.15, 0.2) is 109 Å². The average Bonchev–Trinajstić information content (AvgIpc) is 2.55. The molecule has 2 aliphatic rings. The Hall–Kier alpha value is -7.84. The van der Waals surface area contributed by atoms with Crippen LogP contribution in [0.4, 0.5) is 11.4 Å². The van der Waals surface area contributed by atoms with Crippen molar-refractivity contribution in [2.45, 2.75) is 158 Å². The summed E-state index contributed by atoms with van der Waals surface area (Å²) in [5.74, 6) is 0.814. The highest BCUT2D eigenvalue weighted by Crippen LogP contribution is 2.56. The van der Waals surface area contributed by atoms with Gasteiger partial charge in [-0.3, -0.25) is 19.2 Å². The summed E-state index contributed by atoms with van der Waals surface area (Å²) in [6.45, 7) is 34.0. The van der Waals surface area contributed by atoms with E-state index in [1.165, 1.54) is 9.80 Å². The van der Waals surface area contributed by atoms with E-state index >= 15 is 19.2 Å².